The number of rotatable bonds is 4. The minimum absolute atomic E-state index is 0.0443. The Labute approximate surface area is 95.4 Å². The summed E-state index contributed by atoms with van der Waals surface area (Å²) >= 11 is 0. The zero-order valence-electron chi connectivity index (χ0n) is 8.95. The van der Waals surface area contributed by atoms with Crippen LogP contribution in [0.3, 0.4) is 0 Å². The number of carbonyl (C=O) groups excluding carboxylic acids is 1. The average molecular weight is 249 g/mol. The molecule has 0 atom stereocenters. The van der Waals surface area contributed by atoms with E-state index in [0.29, 0.717) is 0 Å². The minimum Gasteiger partial charge on any atom is -0.477 e. The highest BCUT2D eigenvalue weighted by Crippen LogP contribution is 2.20. The fraction of sp³-hybridized carbons (Fsp3) is 0.400. The van der Waals surface area contributed by atoms with E-state index in [1.54, 1.807) is 0 Å². The smallest absolute Gasteiger partial charge is 0.392 e. The van der Waals surface area contributed by atoms with Gasteiger partial charge in [0.15, 0.2) is 0 Å². The Kier molecular flexibility index (Phi) is 4.30. The van der Waals surface area contributed by atoms with Crippen LogP contribution in [-0.2, 0) is 4.74 Å². The van der Waals surface area contributed by atoms with Gasteiger partial charge in [0.2, 0.25) is 5.88 Å². The standard InChI is InChI=1S/C10H10F3NO3/c1-16-9(15)7-2-4-14-8(6-7)17-5-3-10(11,12)13/h2,4,6H,3,5H2,1H3. The molecule has 1 heterocycles. The minimum atomic E-state index is -4.28. The topological polar surface area (TPSA) is 48.4 Å². The molecule has 0 radical (unpaired) electrons. The Balaban J connectivity index is 2.57. The average Bonchev–Trinajstić information content (AvgIpc) is 2.27. The van der Waals surface area contributed by atoms with E-state index < -0.39 is 25.2 Å². The van der Waals surface area contributed by atoms with E-state index in [0.717, 1.165) is 0 Å². The highest BCUT2D eigenvalue weighted by atomic mass is 19.4. The number of alkyl halides is 3. The zero-order chi connectivity index (χ0) is 12.9. The summed E-state index contributed by atoms with van der Waals surface area (Å²) in [5.41, 5.74) is 0.171. The number of nitrogens with zero attached hydrogens (tertiary/aromatic N) is 1. The van der Waals surface area contributed by atoms with Gasteiger partial charge < -0.3 is 9.47 Å². The van der Waals surface area contributed by atoms with Gasteiger partial charge in [-0.25, -0.2) is 9.78 Å². The molecule has 0 saturated heterocycles. The maximum atomic E-state index is 11.8. The van der Waals surface area contributed by atoms with E-state index in [1.165, 1.54) is 25.4 Å². The molecule has 1 rings (SSSR count). The van der Waals surface area contributed by atoms with Crippen LogP contribution in [0.15, 0.2) is 18.3 Å². The molecular formula is C10H10F3NO3. The van der Waals surface area contributed by atoms with Crippen molar-refractivity contribution in [3.8, 4) is 5.88 Å². The molecule has 4 nitrogen and oxygen atoms in total. The van der Waals surface area contributed by atoms with Gasteiger partial charge in [-0.1, -0.05) is 0 Å². The van der Waals surface area contributed by atoms with Gasteiger partial charge in [0.25, 0.3) is 0 Å². The number of halogens is 3. The molecule has 0 amide bonds. The SMILES string of the molecule is COC(=O)c1ccnc(OCCC(F)(F)F)c1. The second-order valence-electron chi connectivity index (χ2n) is 3.09. The lowest BCUT2D eigenvalue weighted by Crippen LogP contribution is -2.13. The number of ether oxygens (including phenoxy) is 2. The zero-order valence-corrected chi connectivity index (χ0v) is 8.95. The molecule has 1 aromatic rings. The van der Waals surface area contributed by atoms with Crippen molar-refractivity contribution in [2.45, 2.75) is 12.6 Å². The summed E-state index contributed by atoms with van der Waals surface area (Å²) in [6, 6.07) is 2.60. The maximum Gasteiger partial charge on any atom is 0.392 e. The van der Waals surface area contributed by atoms with Crippen molar-refractivity contribution in [2.75, 3.05) is 13.7 Å². The van der Waals surface area contributed by atoms with E-state index in [9.17, 15) is 18.0 Å². The summed E-state index contributed by atoms with van der Waals surface area (Å²) in [7, 11) is 1.20. The third-order valence-corrected chi connectivity index (χ3v) is 1.79. The fourth-order valence-electron chi connectivity index (χ4n) is 1.00. The number of methoxy groups -OCH3 is 1. The Morgan fingerprint density at radius 1 is 1.47 bits per heavy atom. The van der Waals surface area contributed by atoms with E-state index in [1.807, 2.05) is 0 Å². The maximum absolute atomic E-state index is 11.8. The van der Waals surface area contributed by atoms with Crippen LogP contribution in [0.4, 0.5) is 13.2 Å². The molecule has 0 spiro atoms. The van der Waals surface area contributed by atoms with Gasteiger partial charge >= 0.3 is 12.1 Å². The van der Waals surface area contributed by atoms with Crippen molar-refractivity contribution < 1.29 is 27.4 Å². The van der Waals surface area contributed by atoms with E-state index in [4.69, 9.17) is 4.74 Å². The predicted octanol–water partition coefficient (Wildman–Crippen LogP) is 2.20. The quantitative estimate of drug-likeness (QED) is 0.767. The van der Waals surface area contributed by atoms with Crippen molar-refractivity contribution in [1.82, 2.24) is 4.98 Å². The van der Waals surface area contributed by atoms with Crippen molar-refractivity contribution >= 4 is 5.97 Å². The van der Waals surface area contributed by atoms with Crippen molar-refractivity contribution in [1.29, 1.82) is 0 Å². The molecule has 1 aromatic heterocycles. The monoisotopic (exact) mass is 249 g/mol. The molecule has 7 heteroatoms. The van der Waals surface area contributed by atoms with Crippen LogP contribution in [0.1, 0.15) is 16.8 Å². The highest BCUT2D eigenvalue weighted by molar-refractivity contribution is 5.89. The van der Waals surface area contributed by atoms with Gasteiger partial charge in [0.05, 0.1) is 25.7 Å². The summed E-state index contributed by atoms with van der Waals surface area (Å²) in [5, 5.41) is 0. The summed E-state index contributed by atoms with van der Waals surface area (Å²) in [5.74, 6) is -0.648. The van der Waals surface area contributed by atoms with Crippen LogP contribution in [0.5, 0.6) is 5.88 Å². The number of pyridine rings is 1. The lowest BCUT2D eigenvalue weighted by molar-refractivity contribution is -0.139. The first-order valence-electron chi connectivity index (χ1n) is 4.66. The third-order valence-electron chi connectivity index (χ3n) is 1.79. The van der Waals surface area contributed by atoms with Crippen LogP contribution in [0.2, 0.25) is 0 Å². The fourth-order valence-corrected chi connectivity index (χ4v) is 1.00. The van der Waals surface area contributed by atoms with Crippen LogP contribution in [-0.4, -0.2) is 30.8 Å². The van der Waals surface area contributed by atoms with Gasteiger partial charge in [-0.05, 0) is 6.07 Å². The molecule has 0 saturated carbocycles. The molecule has 0 aliphatic heterocycles. The third kappa shape index (κ3) is 4.71. The largest absolute Gasteiger partial charge is 0.477 e. The molecule has 0 aliphatic carbocycles. The van der Waals surface area contributed by atoms with E-state index in [-0.39, 0.29) is 11.4 Å². The van der Waals surface area contributed by atoms with Crippen LogP contribution >= 0.6 is 0 Å². The summed E-state index contributed by atoms with van der Waals surface area (Å²) in [4.78, 5) is 14.8. The van der Waals surface area contributed by atoms with Crippen LogP contribution in [0.25, 0.3) is 0 Å². The molecule has 94 valence electrons. The Bertz CT molecular complexity index is 393. The second kappa shape index (κ2) is 5.51. The van der Waals surface area contributed by atoms with Gasteiger partial charge in [0.1, 0.15) is 0 Å². The molecule has 17 heavy (non-hydrogen) atoms. The molecule has 0 unspecified atom stereocenters. The first-order valence-corrected chi connectivity index (χ1v) is 4.66. The van der Waals surface area contributed by atoms with Gasteiger partial charge in [-0.3, -0.25) is 0 Å². The molecule has 0 bridgehead atoms. The lowest BCUT2D eigenvalue weighted by atomic mass is 10.3. The number of esters is 1. The van der Waals surface area contributed by atoms with Gasteiger partial charge in [-0.15, -0.1) is 0 Å². The van der Waals surface area contributed by atoms with Crippen molar-refractivity contribution in [2.24, 2.45) is 0 Å². The van der Waals surface area contributed by atoms with Gasteiger partial charge in [-0.2, -0.15) is 13.2 Å². The van der Waals surface area contributed by atoms with Crippen LogP contribution in [0, 0.1) is 0 Å². The Hall–Kier alpha value is -1.79. The molecule has 0 aliphatic rings. The molecule has 0 aromatic carbocycles. The molecule has 0 N–H and O–H groups in total. The number of carbonyl (C=O) groups is 1. The van der Waals surface area contributed by atoms with Crippen molar-refractivity contribution in [3.05, 3.63) is 23.9 Å². The molecular weight excluding hydrogens is 239 g/mol. The Morgan fingerprint density at radius 3 is 2.76 bits per heavy atom. The number of hydrogen-bond acceptors (Lipinski definition) is 4. The summed E-state index contributed by atoms with van der Waals surface area (Å²) < 4.78 is 44.8. The first kappa shape index (κ1) is 13.3. The number of hydrogen-bond donors (Lipinski definition) is 0. The van der Waals surface area contributed by atoms with Gasteiger partial charge in [0, 0.05) is 12.3 Å². The first-order chi connectivity index (χ1) is 7.92. The number of aromatic nitrogens is 1. The highest BCUT2D eigenvalue weighted by Gasteiger charge is 2.26. The Morgan fingerprint density at radius 2 is 2.18 bits per heavy atom. The van der Waals surface area contributed by atoms with E-state index >= 15 is 0 Å². The summed E-state index contributed by atoms with van der Waals surface area (Å²) in [6.07, 6.45) is -4.09. The summed E-state index contributed by atoms with van der Waals surface area (Å²) in [6.45, 7) is -0.541. The van der Waals surface area contributed by atoms with Crippen molar-refractivity contribution in [3.63, 3.8) is 0 Å². The van der Waals surface area contributed by atoms with E-state index in [2.05, 4.69) is 9.72 Å². The predicted molar refractivity (Wildman–Crippen MR) is 51.7 cm³/mol. The lowest BCUT2D eigenvalue weighted by Gasteiger charge is -2.08. The molecule has 0 fully saturated rings. The second-order valence-corrected chi connectivity index (χ2v) is 3.09. The normalized spacial score (nSPS) is 11.1. The van der Waals surface area contributed by atoms with Crippen LogP contribution < -0.4 is 4.74 Å².